The molecule has 0 aliphatic carbocycles. The van der Waals surface area contributed by atoms with Crippen LogP contribution in [-0.2, 0) is 0 Å². The number of fused-ring (bicyclic) bond motifs is 6. The second-order valence-electron chi connectivity index (χ2n) is 14.7. The molecule has 0 radical (unpaired) electrons. The third-order valence-electron chi connectivity index (χ3n) is 11.4. The van der Waals surface area contributed by atoms with Crippen LogP contribution in [0.15, 0.2) is 186 Å². The van der Waals surface area contributed by atoms with Crippen LogP contribution in [0, 0.1) is 13.8 Å². The second-order valence-corrected chi connectivity index (χ2v) is 14.7. The van der Waals surface area contributed by atoms with Gasteiger partial charge in [-0.15, -0.1) is 10.2 Å². The summed E-state index contributed by atoms with van der Waals surface area (Å²) in [6.45, 7) is 4.35. The lowest BCUT2D eigenvalue weighted by Crippen LogP contribution is -1.96. The molecule has 0 fully saturated rings. The van der Waals surface area contributed by atoms with E-state index in [1.54, 1.807) is 0 Å². The summed E-state index contributed by atoms with van der Waals surface area (Å²) in [5, 5.41) is 14.3. The van der Waals surface area contributed by atoms with Crippen LogP contribution in [-0.4, -0.2) is 19.3 Å². The third-order valence-corrected chi connectivity index (χ3v) is 11.4. The fourth-order valence-electron chi connectivity index (χ4n) is 8.83. The van der Waals surface area contributed by atoms with Gasteiger partial charge in [0.2, 0.25) is 11.8 Å². The Morgan fingerprint density at radius 1 is 0.333 bits per heavy atom. The molecule has 5 heteroatoms. The van der Waals surface area contributed by atoms with Crippen LogP contribution in [0.25, 0.3) is 100 Å². The maximum Gasteiger partial charge on any atom is 0.248 e. The molecule has 0 spiro atoms. The van der Waals surface area contributed by atoms with E-state index in [1.165, 1.54) is 43.6 Å². The summed E-state index contributed by atoms with van der Waals surface area (Å²) >= 11 is 0. The molecule has 0 amide bonds. The minimum atomic E-state index is 0.486. The third kappa shape index (κ3) is 5.24. The summed E-state index contributed by atoms with van der Waals surface area (Å²) in [5.74, 6) is 0.972. The van der Waals surface area contributed by atoms with Crippen molar-refractivity contribution in [2.24, 2.45) is 0 Å². The monoisotopic (exact) mass is 732 g/mol. The van der Waals surface area contributed by atoms with E-state index in [1.807, 2.05) is 12.1 Å². The van der Waals surface area contributed by atoms with Gasteiger partial charge in [-0.3, -0.25) is 0 Å². The Hall–Kier alpha value is -7.50. The van der Waals surface area contributed by atoms with Gasteiger partial charge in [0.05, 0.1) is 22.1 Å². The van der Waals surface area contributed by atoms with Crippen molar-refractivity contribution >= 4 is 43.6 Å². The molecular weight excluding hydrogens is 697 g/mol. The molecule has 57 heavy (non-hydrogen) atoms. The highest BCUT2D eigenvalue weighted by molar-refractivity contribution is 6.10. The number of aromatic nitrogens is 4. The maximum absolute atomic E-state index is 6.59. The first-order chi connectivity index (χ1) is 28.1. The van der Waals surface area contributed by atoms with Crippen molar-refractivity contribution in [1.82, 2.24) is 19.3 Å². The number of rotatable bonds is 6. The molecule has 0 aliphatic heterocycles. The average molecular weight is 733 g/mol. The van der Waals surface area contributed by atoms with Crippen molar-refractivity contribution in [2.45, 2.75) is 13.8 Å². The van der Waals surface area contributed by atoms with Gasteiger partial charge in [0.25, 0.3) is 0 Å². The molecule has 11 aromatic rings. The molecule has 0 atom stereocenters. The standard InChI is InChI=1S/C52H36N4O/c1-33-31-35(55-47-23-11-7-17-41(47)42-18-8-12-24-48(42)55)27-29-37(33)39-15-3-5-21-45(39)51-53-54-52(57-51)46-22-6-4-16-40(46)38-30-28-36(32-34(38)2)56-49-25-13-9-19-43(49)44-20-10-14-26-50(44)56/h3-32H,1-2H3. The largest absolute Gasteiger partial charge is 0.416 e. The molecule has 0 N–H and O–H groups in total. The smallest absolute Gasteiger partial charge is 0.248 e. The van der Waals surface area contributed by atoms with Crippen LogP contribution < -0.4 is 0 Å². The lowest BCUT2D eigenvalue weighted by atomic mass is 9.95. The lowest BCUT2D eigenvalue weighted by molar-refractivity contribution is 0.585. The van der Waals surface area contributed by atoms with Crippen LogP contribution in [0.2, 0.25) is 0 Å². The van der Waals surface area contributed by atoms with Crippen molar-refractivity contribution in [1.29, 1.82) is 0 Å². The number of para-hydroxylation sites is 4. The predicted octanol–water partition coefficient (Wildman–Crippen LogP) is 13.5. The summed E-state index contributed by atoms with van der Waals surface area (Å²) in [4.78, 5) is 0. The fourth-order valence-corrected chi connectivity index (χ4v) is 8.83. The molecule has 8 aromatic carbocycles. The maximum atomic E-state index is 6.59. The highest BCUT2D eigenvalue weighted by atomic mass is 16.4. The zero-order chi connectivity index (χ0) is 38.0. The van der Waals surface area contributed by atoms with Crippen LogP contribution in [0.1, 0.15) is 11.1 Å². The minimum absolute atomic E-state index is 0.486. The van der Waals surface area contributed by atoms with Crippen molar-refractivity contribution in [3.63, 3.8) is 0 Å². The van der Waals surface area contributed by atoms with Crippen LogP contribution in [0.3, 0.4) is 0 Å². The molecule has 0 saturated heterocycles. The Morgan fingerprint density at radius 3 is 1.00 bits per heavy atom. The molecular formula is C52H36N4O. The molecule has 3 aromatic heterocycles. The van der Waals surface area contributed by atoms with Gasteiger partial charge in [-0.25, -0.2) is 0 Å². The molecule has 0 aliphatic rings. The Balaban J connectivity index is 0.955. The summed E-state index contributed by atoms with van der Waals surface area (Å²) in [6.07, 6.45) is 0. The Morgan fingerprint density at radius 2 is 0.649 bits per heavy atom. The number of hydrogen-bond acceptors (Lipinski definition) is 3. The first kappa shape index (κ1) is 32.9. The topological polar surface area (TPSA) is 48.8 Å². The number of nitrogens with zero attached hydrogens (tertiary/aromatic N) is 4. The molecule has 0 bridgehead atoms. The van der Waals surface area contributed by atoms with E-state index >= 15 is 0 Å². The SMILES string of the molecule is Cc1cc(-n2c3ccccc3c3ccccc32)ccc1-c1ccccc1-c1nnc(-c2ccccc2-c2ccc(-n3c4ccccc4c4ccccc43)cc2C)o1. The van der Waals surface area contributed by atoms with Gasteiger partial charge in [-0.05, 0) is 108 Å². The Kier molecular flexibility index (Phi) is 7.54. The summed E-state index contributed by atoms with van der Waals surface area (Å²) in [7, 11) is 0. The second kappa shape index (κ2) is 13.1. The molecule has 270 valence electrons. The van der Waals surface area contributed by atoms with E-state index in [2.05, 4.69) is 203 Å². The summed E-state index contributed by atoms with van der Waals surface area (Å²) < 4.78 is 11.3. The van der Waals surface area contributed by atoms with Crippen molar-refractivity contribution in [3.8, 4) is 56.5 Å². The molecule has 11 rings (SSSR count). The predicted molar refractivity (Wildman–Crippen MR) is 234 cm³/mol. The lowest BCUT2D eigenvalue weighted by Gasteiger charge is -2.14. The van der Waals surface area contributed by atoms with Gasteiger partial charge in [-0.1, -0.05) is 121 Å². The number of hydrogen-bond donors (Lipinski definition) is 0. The van der Waals surface area contributed by atoms with Gasteiger partial charge in [0.1, 0.15) is 0 Å². The normalized spacial score (nSPS) is 11.7. The van der Waals surface area contributed by atoms with Gasteiger partial charge in [0.15, 0.2) is 0 Å². The quantitative estimate of drug-likeness (QED) is 0.171. The zero-order valence-corrected chi connectivity index (χ0v) is 31.5. The van der Waals surface area contributed by atoms with Gasteiger partial charge in [0, 0.05) is 44.0 Å². The zero-order valence-electron chi connectivity index (χ0n) is 31.5. The van der Waals surface area contributed by atoms with Crippen molar-refractivity contribution in [2.75, 3.05) is 0 Å². The van der Waals surface area contributed by atoms with E-state index in [4.69, 9.17) is 4.42 Å². The first-order valence-corrected chi connectivity index (χ1v) is 19.3. The first-order valence-electron chi connectivity index (χ1n) is 19.3. The number of benzene rings is 8. The Labute approximate surface area is 329 Å². The highest BCUT2D eigenvalue weighted by Crippen LogP contribution is 2.40. The van der Waals surface area contributed by atoms with Crippen molar-refractivity contribution < 1.29 is 4.42 Å². The van der Waals surface area contributed by atoms with Crippen LogP contribution in [0.5, 0.6) is 0 Å². The van der Waals surface area contributed by atoms with E-state index in [-0.39, 0.29) is 0 Å². The molecule has 3 heterocycles. The number of aryl methyl sites for hydroxylation is 2. The van der Waals surface area contributed by atoms with Gasteiger partial charge in [-0.2, -0.15) is 0 Å². The van der Waals surface area contributed by atoms with Crippen LogP contribution in [0.4, 0.5) is 0 Å². The summed E-state index contributed by atoms with van der Waals surface area (Å²) in [6, 6.07) is 64.5. The molecule has 0 saturated carbocycles. The average Bonchev–Trinajstić information content (AvgIpc) is 3.97. The highest BCUT2D eigenvalue weighted by Gasteiger charge is 2.20. The van der Waals surface area contributed by atoms with E-state index < -0.39 is 0 Å². The molecule has 0 unspecified atom stereocenters. The van der Waals surface area contributed by atoms with Gasteiger partial charge < -0.3 is 13.6 Å². The van der Waals surface area contributed by atoms with E-state index in [9.17, 15) is 0 Å². The Bertz CT molecular complexity index is 3020. The molecule has 5 nitrogen and oxygen atoms in total. The van der Waals surface area contributed by atoms with E-state index in [0.29, 0.717) is 11.8 Å². The fraction of sp³-hybridized carbons (Fsp3) is 0.0385. The van der Waals surface area contributed by atoms with E-state index in [0.717, 1.165) is 55.9 Å². The van der Waals surface area contributed by atoms with Gasteiger partial charge >= 0.3 is 0 Å². The van der Waals surface area contributed by atoms with Crippen molar-refractivity contribution in [3.05, 3.63) is 193 Å². The minimum Gasteiger partial charge on any atom is -0.416 e. The van der Waals surface area contributed by atoms with Crippen LogP contribution >= 0.6 is 0 Å². The summed E-state index contributed by atoms with van der Waals surface area (Å²) in [5.41, 5.74) is 15.5.